The van der Waals surface area contributed by atoms with Gasteiger partial charge >= 0.3 is 0 Å². The molecule has 0 atom stereocenters. The van der Waals surface area contributed by atoms with Crippen molar-refractivity contribution in [1.29, 1.82) is 0 Å². The fraction of sp³-hybridized carbons (Fsp3) is 0.222. The Morgan fingerprint density at radius 2 is 1.38 bits per heavy atom. The first-order valence-electron chi connectivity index (χ1n) is 7.65. The molecule has 0 bridgehead atoms. The summed E-state index contributed by atoms with van der Waals surface area (Å²) >= 11 is 10.5. The normalized spacial score (nSPS) is 10.6. The SMILES string of the molecule is CC(C)(C)NC(=S)NNC(=S)Nc1ccccc1-c1ccccc1. The molecule has 2 aromatic carbocycles. The van der Waals surface area contributed by atoms with E-state index in [1.54, 1.807) is 0 Å². The van der Waals surface area contributed by atoms with Crippen LogP contribution in [0.1, 0.15) is 20.8 Å². The van der Waals surface area contributed by atoms with Crippen LogP contribution >= 0.6 is 24.4 Å². The van der Waals surface area contributed by atoms with Crippen LogP contribution in [0.5, 0.6) is 0 Å². The molecule has 0 aliphatic rings. The summed E-state index contributed by atoms with van der Waals surface area (Å²) < 4.78 is 0. The number of para-hydroxylation sites is 1. The summed E-state index contributed by atoms with van der Waals surface area (Å²) in [4.78, 5) is 0. The summed E-state index contributed by atoms with van der Waals surface area (Å²) in [5, 5.41) is 7.27. The van der Waals surface area contributed by atoms with E-state index in [9.17, 15) is 0 Å². The van der Waals surface area contributed by atoms with E-state index in [2.05, 4.69) is 39.7 Å². The third-order valence-electron chi connectivity index (χ3n) is 3.04. The van der Waals surface area contributed by atoms with Crippen LogP contribution in [-0.4, -0.2) is 15.8 Å². The maximum Gasteiger partial charge on any atom is 0.189 e. The van der Waals surface area contributed by atoms with Crippen LogP contribution in [0.15, 0.2) is 54.6 Å². The highest BCUT2D eigenvalue weighted by Crippen LogP contribution is 2.27. The molecule has 0 amide bonds. The van der Waals surface area contributed by atoms with Gasteiger partial charge in [0.25, 0.3) is 0 Å². The Labute approximate surface area is 154 Å². The summed E-state index contributed by atoms with van der Waals surface area (Å²) in [5.74, 6) is 0. The zero-order valence-electron chi connectivity index (χ0n) is 14.0. The highest BCUT2D eigenvalue weighted by atomic mass is 32.1. The minimum absolute atomic E-state index is 0.110. The van der Waals surface area contributed by atoms with Crippen LogP contribution in [0.4, 0.5) is 5.69 Å². The largest absolute Gasteiger partial charge is 0.357 e. The summed E-state index contributed by atoms with van der Waals surface area (Å²) in [6, 6.07) is 18.2. The second kappa shape index (κ2) is 8.08. The van der Waals surface area contributed by atoms with Crippen LogP contribution in [0.2, 0.25) is 0 Å². The molecular formula is C18H22N4S2. The lowest BCUT2D eigenvalue weighted by atomic mass is 10.0. The Morgan fingerprint density at radius 1 is 0.792 bits per heavy atom. The highest BCUT2D eigenvalue weighted by Gasteiger charge is 2.11. The third-order valence-corrected chi connectivity index (χ3v) is 3.45. The van der Waals surface area contributed by atoms with Crippen molar-refractivity contribution in [2.75, 3.05) is 5.32 Å². The average molecular weight is 359 g/mol. The molecule has 0 saturated heterocycles. The summed E-state index contributed by atoms with van der Waals surface area (Å²) in [5.41, 5.74) is 8.81. The Hall–Kier alpha value is -2.18. The Bertz CT molecular complexity index is 708. The quantitative estimate of drug-likeness (QED) is 0.484. The van der Waals surface area contributed by atoms with Gasteiger partial charge in [0, 0.05) is 16.8 Å². The molecule has 4 N–H and O–H groups in total. The van der Waals surface area contributed by atoms with Gasteiger partial charge in [-0.15, -0.1) is 0 Å². The van der Waals surface area contributed by atoms with Crippen molar-refractivity contribution in [3.63, 3.8) is 0 Å². The van der Waals surface area contributed by atoms with E-state index in [0.717, 1.165) is 16.8 Å². The third kappa shape index (κ3) is 5.79. The van der Waals surface area contributed by atoms with Crippen LogP contribution in [0.25, 0.3) is 11.1 Å². The second-order valence-corrected chi connectivity index (χ2v) is 7.14. The van der Waals surface area contributed by atoms with Gasteiger partial charge in [-0.1, -0.05) is 48.5 Å². The maximum atomic E-state index is 5.33. The molecule has 0 radical (unpaired) electrons. The van der Waals surface area contributed by atoms with Crippen LogP contribution in [0, 0.1) is 0 Å². The summed E-state index contributed by atoms with van der Waals surface area (Å²) in [7, 11) is 0. The molecule has 24 heavy (non-hydrogen) atoms. The van der Waals surface area contributed by atoms with E-state index in [1.807, 2.05) is 57.2 Å². The van der Waals surface area contributed by atoms with Crippen LogP contribution in [-0.2, 0) is 0 Å². The molecule has 0 aliphatic carbocycles. The predicted molar refractivity (Wildman–Crippen MR) is 110 cm³/mol. The van der Waals surface area contributed by atoms with Gasteiger partial charge in [-0.2, -0.15) is 0 Å². The molecule has 0 fully saturated rings. The molecule has 6 heteroatoms. The monoisotopic (exact) mass is 358 g/mol. The predicted octanol–water partition coefficient (Wildman–Crippen LogP) is 3.82. The Morgan fingerprint density at radius 3 is 2.04 bits per heavy atom. The van der Waals surface area contributed by atoms with Gasteiger partial charge in [-0.05, 0) is 56.8 Å². The molecule has 0 saturated carbocycles. The van der Waals surface area contributed by atoms with Crippen molar-refractivity contribution in [3.05, 3.63) is 54.6 Å². The van der Waals surface area contributed by atoms with Gasteiger partial charge in [0.1, 0.15) is 0 Å². The molecule has 126 valence electrons. The number of thiocarbonyl (C=S) groups is 2. The summed E-state index contributed by atoms with van der Waals surface area (Å²) in [6.07, 6.45) is 0. The van der Waals surface area contributed by atoms with Gasteiger partial charge < -0.3 is 10.6 Å². The van der Waals surface area contributed by atoms with Crippen molar-refractivity contribution < 1.29 is 0 Å². The van der Waals surface area contributed by atoms with E-state index in [-0.39, 0.29) is 5.54 Å². The number of hydrogen-bond acceptors (Lipinski definition) is 2. The summed E-state index contributed by atoms with van der Waals surface area (Å²) in [6.45, 7) is 6.11. The lowest BCUT2D eigenvalue weighted by Crippen LogP contribution is -2.53. The van der Waals surface area contributed by atoms with Crippen molar-refractivity contribution in [1.82, 2.24) is 16.2 Å². The van der Waals surface area contributed by atoms with Gasteiger partial charge in [-0.25, -0.2) is 0 Å². The first kappa shape index (κ1) is 18.2. The zero-order valence-corrected chi connectivity index (χ0v) is 15.6. The standard InChI is InChI=1S/C18H22N4S2/c1-18(2,3)20-17(24)22-21-16(23)19-15-12-8-7-11-14(15)13-9-5-4-6-10-13/h4-12H,1-3H3,(H2,19,21,23)(H2,20,22,24). The number of benzene rings is 2. The van der Waals surface area contributed by atoms with Crippen molar-refractivity contribution >= 4 is 40.3 Å². The minimum Gasteiger partial charge on any atom is -0.357 e. The Kier molecular flexibility index (Phi) is 6.11. The smallest absolute Gasteiger partial charge is 0.189 e. The van der Waals surface area contributed by atoms with E-state index in [4.69, 9.17) is 24.4 Å². The first-order valence-corrected chi connectivity index (χ1v) is 8.46. The second-order valence-electron chi connectivity index (χ2n) is 6.32. The van der Waals surface area contributed by atoms with E-state index in [0.29, 0.717) is 10.2 Å². The molecule has 2 rings (SSSR count). The Balaban J connectivity index is 1.99. The van der Waals surface area contributed by atoms with Crippen LogP contribution < -0.4 is 21.5 Å². The number of nitrogens with one attached hydrogen (secondary N) is 4. The van der Waals surface area contributed by atoms with E-state index in [1.165, 1.54) is 0 Å². The van der Waals surface area contributed by atoms with Crippen molar-refractivity contribution in [3.8, 4) is 11.1 Å². The maximum absolute atomic E-state index is 5.33. The molecule has 0 aliphatic heterocycles. The number of rotatable bonds is 2. The van der Waals surface area contributed by atoms with E-state index >= 15 is 0 Å². The topological polar surface area (TPSA) is 48.1 Å². The molecule has 0 heterocycles. The molecule has 0 aromatic heterocycles. The van der Waals surface area contributed by atoms with Crippen molar-refractivity contribution in [2.24, 2.45) is 0 Å². The minimum atomic E-state index is -0.110. The lowest BCUT2D eigenvalue weighted by Gasteiger charge is -2.23. The first-order chi connectivity index (χ1) is 11.3. The van der Waals surface area contributed by atoms with Crippen LogP contribution in [0.3, 0.4) is 0 Å². The van der Waals surface area contributed by atoms with Gasteiger partial charge in [0.05, 0.1) is 0 Å². The van der Waals surface area contributed by atoms with Gasteiger partial charge in [0.15, 0.2) is 10.2 Å². The fourth-order valence-electron chi connectivity index (χ4n) is 2.10. The van der Waals surface area contributed by atoms with Crippen molar-refractivity contribution in [2.45, 2.75) is 26.3 Å². The van der Waals surface area contributed by atoms with Gasteiger partial charge in [-0.3, -0.25) is 10.9 Å². The molecular weight excluding hydrogens is 336 g/mol. The average Bonchev–Trinajstić information content (AvgIpc) is 2.53. The zero-order chi connectivity index (χ0) is 17.6. The highest BCUT2D eigenvalue weighted by molar-refractivity contribution is 7.80. The number of hydrogen-bond donors (Lipinski definition) is 4. The molecule has 2 aromatic rings. The van der Waals surface area contributed by atoms with E-state index < -0.39 is 0 Å². The molecule has 0 unspecified atom stereocenters. The lowest BCUT2D eigenvalue weighted by molar-refractivity contribution is 0.505. The molecule has 4 nitrogen and oxygen atoms in total. The fourth-order valence-corrected chi connectivity index (χ4v) is 2.62. The van der Waals surface area contributed by atoms with Gasteiger partial charge in [0.2, 0.25) is 0 Å². The number of anilines is 1. The number of hydrazine groups is 1. The molecule has 0 spiro atoms.